The van der Waals surface area contributed by atoms with E-state index in [0.29, 0.717) is 5.92 Å². The van der Waals surface area contributed by atoms with Crippen molar-refractivity contribution in [2.24, 2.45) is 11.8 Å². The van der Waals surface area contributed by atoms with Crippen LogP contribution in [0.1, 0.15) is 57.4 Å². The van der Waals surface area contributed by atoms with E-state index in [4.69, 9.17) is 5.11 Å². The Kier molecular flexibility index (Phi) is 11.8. The highest BCUT2D eigenvalue weighted by molar-refractivity contribution is 5.85. The maximum Gasteiger partial charge on any atom is 0.328 e. The van der Waals surface area contributed by atoms with Gasteiger partial charge in [0, 0.05) is 6.08 Å². The van der Waals surface area contributed by atoms with Gasteiger partial charge in [-0.15, -0.1) is 0 Å². The third kappa shape index (κ3) is 11.8. The standard InChI is InChI=1S/C13H16O2.C11H16.CH4/c1-10(2)9-12-5-3-11(4-6-12)7-8-13(14)15;1-9(2)8-11-6-4-10(3)5-7-11;/h3-8,10H,9H2,1-2H3,(H,14,15);4-7,9H,8H2,1-3H3;1H4/b8-7+;;. The summed E-state index contributed by atoms with van der Waals surface area (Å²) >= 11 is 0. The van der Waals surface area contributed by atoms with Gasteiger partial charge in [-0.3, -0.25) is 0 Å². The first-order valence-electron chi connectivity index (χ1n) is 9.31. The van der Waals surface area contributed by atoms with Gasteiger partial charge in [0.15, 0.2) is 0 Å². The molecule has 0 amide bonds. The predicted octanol–water partition coefficient (Wildman–Crippen LogP) is 6.81. The third-order valence-corrected chi connectivity index (χ3v) is 3.81. The molecule has 0 aliphatic carbocycles. The summed E-state index contributed by atoms with van der Waals surface area (Å²) in [5.74, 6) is 0.490. The number of benzene rings is 2. The summed E-state index contributed by atoms with van der Waals surface area (Å²) in [6, 6.07) is 16.8. The van der Waals surface area contributed by atoms with Gasteiger partial charge in [0.05, 0.1) is 0 Å². The Morgan fingerprint density at radius 2 is 1.26 bits per heavy atom. The van der Waals surface area contributed by atoms with Crippen LogP contribution in [0.3, 0.4) is 0 Å². The molecule has 0 saturated carbocycles. The van der Waals surface area contributed by atoms with Crippen LogP contribution in [0.5, 0.6) is 0 Å². The SMILES string of the molecule is C.CC(C)Cc1ccc(/C=C/C(=O)O)cc1.Cc1ccc(CC(C)C)cc1. The average Bonchev–Trinajstić information content (AvgIpc) is 2.56. The van der Waals surface area contributed by atoms with Gasteiger partial charge >= 0.3 is 5.97 Å². The summed E-state index contributed by atoms with van der Waals surface area (Å²) < 4.78 is 0. The lowest BCUT2D eigenvalue weighted by atomic mass is 10.0. The van der Waals surface area contributed by atoms with E-state index in [9.17, 15) is 4.79 Å². The van der Waals surface area contributed by atoms with Crippen molar-refractivity contribution < 1.29 is 9.90 Å². The molecule has 0 aliphatic heterocycles. The number of hydrogen-bond donors (Lipinski definition) is 1. The molecule has 0 aliphatic rings. The molecule has 0 radical (unpaired) electrons. The molecule has 0 fully saturated rings. The van der Waals surface area contributed by atoms with Crippen LogP contribution < -0.4 is 0 Å². The van der Waals surface area contributed by atoms with Crippen LogP contribution in [0.4, 0.5) is 0 Å². The topological polar surface area (TPSA) is 37.3 Å². The lowest BCUT2D eigenvalue weighted by Gasteiger charge is -2.04. The van der Waals surface area contributed by atoms with Gasteiger partial charge in [-0.1, -0.05) is 89.2 Å². The van der Waals surface area contributed by atoms with Crippen LogP contribution in [-0.4, -0.2) is 11.1 Å². The van der Waals surface area contributed by atoms with Crippen LogP contribution in [0.15, 0.2) is 54.6 Å². The number of carboxylic acids is 1. The minimum Gasteiger partial charge on any atom is -0.478 e. The molecule has 0 atom stereocenters. The maximum atomic E-state index is 10.3. The third-order valence-electron chi connectivity index (χ3n) is 3.81. The van der Waals surface area contributed by atoms with E-state index in [-0.39, 0.29) is 7.43 Å². The predicted molar refractivity (Wildman–Crippen MR) is 118 cm³/mol. The highest BCUT2D eigenvalue weighted by Crippen LogP contribution is 2.11. The second-order valence-corrected chi connectivity index (χ2v) is 7.59. The lowest BCUT2D eigenvalue weighted by molar-refractivity contribution is -0.131. The summed E-state index contributed by atoms with van der Waals surface area (Å²) in [5, 5.41) is 8.46. The minimum absolute atomic E-state index is 0. The Morgan fingerprint density at radius 3 is 1.63 bits per heavy atom. The fourth-order valence-corrected chi connectivity index (χ4v) is 2.60. The number of hydrogen-bond acceptors (Lipinski definition) is 1. The van der Waals surface area contributed by atoms with Crippen LogP contribution in [0.25, 0.3) is 6.08 Å². The zero-order valence-corrected chi connectivity index (χ0v) is 16.7. The Bertz CT molecular complexity index is 677. The van der Waals surface area contributed by atoms with Crippen molar-refractivity contribution in [3.63, 3.8) is 0 Å². The summed E-state index contributed by atoms with van der Waals surface area (Å²) in [6.45, 7) is 11.0. The van der Waals surface area contributed by atoms with Crippen LogP contribution >= 0.6 is 0 Å². The molecule has 2 heteroatoms. The van der Waals surface area contributed by atoms with E-state index in [0.717, 1.165) is 24.0 Å². The second kappa shape index (κ2) is 12.9. The van der Waals surface area contributed by atoms with Gasteiger partial charge < -0.3 is 5.11 Å². The number of rotatable bonds is 6. The average molecular weight is 369 g/mol. The van der Waals surface area contributed by atoms with Crippen LogP contribution in [0.2, 0.25) is 0 Å². The smallest absolute Gasteiger partial charge is 0.328 e. The number of aliphatic carboxylic acids is 1. The van der Waals surface area contributed by atoms with Crippen LogP contribution in [0, 0.1) is 18.8 Å². The van der Waals surface area contributed by atoms with E-state index >= 15 is 0 Å². The first-order valence-corrected chi connectivity index (χ1v) is 9.31. The monoisotopic (exact) mass is 368 g/mol. The first kappa shape index (κ1) is 24.7. The molecule has 2 aromatic rings. The molecule has 148 valence electrons. The van der Waals surface area contributed by atoms with Gasteiger partial charge in [-0.25, -0.2) is 4.79 Å². The van der Waals surface area contributed by atoms with Gasteiger partial charge in [0.1, 0.15) is 0 Å². The van der Waals surface area contributed by atoms with Gasteiger partial charge in [-0.2, -0.15) is 0 Å². The van der Waals surface area contributed by atoms with E-state index < -0.39 is 5.97 Å². The molecule has 2 nitrogen and oxygen atoms in total. The van der Waals surface area contributed by atoms with Gasteiger partial charge in [0.2, 0.25) is 0 Å². The molecular formula is C25H36O2. The molecule has 0 aromatic heterocycles. The second-order valence-electron chi connectivity index (χ2n) is 7.59. The first-order chi connectivity index (χ1) is 12.3. The number of aryl methyl sites for hydroxylation is 1. The largest absolute Gasteiger partial charge is 0.478 e. The van der Waals surface area contributed by atoms with Crippen molar-refractivity contribution in [1.82, 2.24) is 0 Å². The Balaban J connectivity index is 0.000000504. The van der Waals surface area contributed by atoms with Crippen LogP contribution in [-0.2, 0) is 17.6 Å². The zero-order valence-electron chi connectivity index (χ0n) is 16.7. The molecule has 0 saturated heterocycles. The summed E-state index contributed by atoms with van der Waals surface area (Å²) in [7, 11) is 0. The van der Waals surface area contributed by atoms with Crippen molar-refractivity contribution in [3.8, 4) is 0 Å². The number of carboxylic acid groups (broad SMARTS) is 1. The normalized spacial score (nSPS) is 10.5. The maximum absolute atomic E-state index is 10.3. The van der Waals surface area contributed by atoms with E-state index in [1.54, 1.807) is 6.08 Å². The number of carbonyl (C=O) groups is 1. The molecule has 2 aromatic carbocycles. The van der Waals surface area contributed by atoms with Crippen molar-refractivity contribution in [3.05, 3.63) is 76.9 Å². The molecule has 2 rings (SSSR count). The highest BCUT2D eigenvalue weighted by Gasteiger charge is 1.97. The zero-order chi connectivity index (χ0) is 19.5. The lowest BCUT2D eigenvalue weighted by Crippen LogP contribution is -1.93. The molecule has 0 bridgehead atoms. The fourth-order valence-electron chi connectivity index (χ4n) is 2.60. The van der Waals surface area contributed by atoms with E-state index in [1.165, 1.54) is 23.1 Å². The quantitative estimate of drug-likeness (QED) is 0.568. The van der Waals surface area contributed by atoms with Crippen molar-refractivity contribution in [1.29, 1.82) is 0 Å². The molecule has 27 heavy (non-hydrogen) atoms. The van der Waals surface area contributed by atoms with E-state index in [2.05, 4.69) is 58.9 Å². The molecular weight excluding hydrogens is 332 g/mol. The summed E-state index contributed by atoms with van der Waals surface area (Å²) in [6.07, 6.45) is 5.00. The van der Waals surface area contributed by atoms with Crippen molar-refractivity contribution in [2.45, 2.75) is 54.9 Å². The minimum atomic E-state index is -0.916. The highest BCUT2D eigenvalue weighted by atomic mass is 16.4. The Labute approximate surface area is 166 Å². The van der Waals surface area contributed by atoms with Crippen molar-refractivity contribution >= 4 is 12.0 Å². The van der Waals surface area contributed by atoms with Gasteiger partial charge in [0.25, 0.3) is 0 Å². The molecule has 1 N–H and O–H groups in total. The molecule has 0 spiro atoms. The Hall–Kier alpha value is -2.35. The van der Waals surface area contributed by atoms with E-state index in [1.807, 2.05) is 24.3 Å². The van der Waals surface area contributed by atoms with Gasteiger partial charge in [-0.05, 0) is 54.4 Å². The summed E-state index contributed by atoms with van der Waals surface area (Å²) in [4.78, 5) is 10.3. The molecule has 0 heterocycles. The fraction of sp³-hybridized carbons (Fsp3) is 0.400. The Morgan fingerprint density at radius 1 is 0.852 bits per heavy atom. The van der Waals surface area contributed by atoms with Crippen molar-refractivity contribution in [2.75, 3.05) is 0 Å². The summed E-state index contributed by atoms with van der Waals surface area (Å²) in [5.41, 5.74) is 5.01. The molecule has 0 unspecified atom stereocenters.